The van der Waals surface area contributed by atoms with Crippen molar-refractivity contribution in [3.05, 3.63) is 34.8 Å². The number of nitrogens with zero attached hydrogens (tertiary/aromatic N) is 4. The van der Waals surface area contributed by atoms with Gasteiger partial charge in [0.25, 0.3) is 5.91 Å². The van der Waals surface area contributed by atoms with Crippen LogP contribution in [0.3, 0.4) is 0 Å². The van der Waals surface area contributed by atoms with Gasteiger partial charge in [0.2, 0.25) is 0 Å². The average molecular weight is 290 g/mol. The fourth-order valence-corrected chi connectivity index (χ4v) is 3.42. The summed E-state index contributed by atoms with van der Waals surface area (Å²) in [5.74, 6) is 0.118. The van der Waals surface area contributed by atoms with Crippen LogP contribution in [0, 0.1) is 0 Å². The minimum Gasteiger partial charge on any atom is -0.336 e. The van der Waals surface area contributed by atoms with Gasteiger partial charge in [0.15, 0.2) is 0 Å². The number of aromatic nitrogens is 3. The lowest BCUT2D eigenvalue weighted by Gasteiger charge is -2.33. The first kappa shape index (κ1) is 13.3. The molecular formula is C14H18N4OS. The molecule has 2 aromatic rings. The van der Waals surface area contributed by atoms with Gasteiger partial charge in [0.05, 0.1) is 23.6 Å². The van der Waals surface area contributed by atoms with Crippen molar-refractivity contribution < 1.29 is 4.79 Å². The number of carbonyl (C=O) groups is 1. The summed E-state index contributed by atoms with van der Waals surface area (Å²) in [6, 6.07) is 0.341. The summed E-state index contributed by atoms with van der Waals surface area (Å²) in [5.41, 5.74) is 0. The Morgan fingerprint density at radius 3 is 3.15 bits per heavy atom. The molecule has 0 N–H and O–H groups in total. The molecule has 0 aromatic carbocycles. The number of imidazole rings is 1. The number of rotatable bonds is 3. The van der Waals surface area contributed by atoms with Gasteiger partial charge in [-0.15, -0.1) is 11.3 Å². The van der Waals surface area contributed by atoms with Gasteiger partial charge in [-0.25, -0.2) is 9.97 Å². The second-order valence-electron chi connectivity index (χ2n) is 5.03. The zero-order valence-corrected chi connectivity index (χ0v) is 12.3. The maximum atomic E-state index is 12.5. The quantitative estimate of drug-likeness (QED) is 0.872. The minimum atomic E-state index is 0.118. The lowest BCUT2D eigenvalue weighted by atomic mass is 10.1. The van der Waals surface area contributed by atoms with Crippen LogP contribution in [0.15, 0.2) is 24.9 Å². The number of hydrogen-bond acceptors (Lipinski definition) is 4. The van der Waals surface area contributed by atoms with Crippen molar-refractivity contribution in [1.29, 1.82) is 0 Å². The smallest absolute Gasteiger partial charge is 0.265 e. The molecule has 0 bridgehead atoms. The van der Waals surface area contributed by atoms with Gasteiger partial charge in [0, 0.05) is 25.5 Å². The largest absolute Gasteiger partial charge is 0.336 e. The van der Waals surface area contributed by atoms with E-state index in [0.717, 1.165) is 42.2 Å². The Labute approximate surface area is 122 Å². The fraction of sp³-hybridized carbons (Fsp3) is 0.500. The highest BCUT2D eigenvalue weighted by Crippen LogP contribution is 2.24. The van der Waals surface area contributed by atoms with Crippen LogP contribution in [0.1, 0.15) is 40.5 Å². The molecule has 0 saturated carbocycles. The van der Waals surface area contributed by atoms with Gasteiger partial charge in [-0.2, -0.15) is 0 Å². The zero-order chi connectivity index (χ0) is 13.9. The van der Waals surface area contributed by atoms with E-state index in [1.54, 1.807) is 12.4 Å². The highest BCUT2D eigenvalue weighted by Gasteiger charge is 2.26. The van der Waals surface area contributed by atoms with Crippen LogP contribution < -0.4 is 0 Å². The maximum absolute atomic E-state index is 12.5. The van der Waals surface area contributed by atoms with Crippen molar-refractivity contribution in [2.24, 2.45) is 0 Å². The predicted molar refractivity (Wildman–Crippen MR) is 77.9 cm³/mol. The third-order valence-electron chi connectivity index (χ3n) is 3.70. The molecule has 2 aromatic heterocycles. The number of hydrogen-bond donors (Lipinski definition) is 0. The van der Waals surface area contributed by atoms with Crippen molar-refractivity contribution in [2.75, 3.05) is 13.1 Å². The summed E-state index contributed by atoms with van der Waals surface area (Å²) in [6.45, 7) is 3.65. The average Bonchev–Trinajstić information content (AvgIpc) is 3.17. The van der Waals surface area contributed by atoms with E-state index in [4.69, 9.17) is 0 Å². The van der Waals surface area contributed by atoms with Gasteiger partial charge < -0.3 is 9.47 Å². The van der Waals surface area contributed by atoms with Crippen molar-refractivity contribution in [3.63, 3.8) is 0 Å². The number of likely N-dealkylation sites (tertiary alicyclic amines) is 1. The molecule has 0 spiro atoms. The molecule has 3 rings (SSSR count). The molecule has 3 heterocycles. The van der Waals surface area contributed by atoms with Gasteiger partial charge in [-0.3, -0.25) is 4.79 Å². The standard InChI is InChI=1S/C14H18N4OS/c1-2-13-16-8-12(20-13)14(19)17-6-3-4-11(9-17)18-7-5-15-10-18/h5,7-8,10-11H,2-4,6,9H2,1H3. The van der Waals surface area contributed by atoms with E-state index in [2.05, 4.69) is 21.5 Å². The first-order valence-corrected chi connectivity index (χ1v) is 7.81. The van der Waals surface area contributed by atoms with Crippen LogP contribution in [0.2, 0.25) is 0 Å². The molecule has 1 fully saturated rings. The molecule has 1 aliphatic rings. The maximum Gasteiger partial charge on any atom is 0.265 e. The van der Waals surface area contributed by atoms with E-state index in [1.807, 2.05) is 17.4 Å². The minimum absolute atomic E-state index is 0.118. The summed E-state index contributed by atoms with van der Waals surface area (Å²) in [5, 5.41) is 1.02. The Morgan fingerprint density at radius 2 is 2.45 bits per heavy atom. The van der Waals surface area contributed by atoms with Gasteiger partial charge in [0.1, 0.15) is 4.88 Å². The number of aryl methyl sites for hydroxylation is 1. The topological polar surface area (TPSA) is 51.0 Å². The molecule has 5 nitrogen and oxygen atoms in total. The Kier molecular flexibility index (Phi) is 3.82. The van der Waals surface area contributed by atoms with Crippen LogP contribution in [-0.4, -0.2) is 38.4 Å². The highest BCUT2D eigenvalue weighted by molar-refractivity contribution is 7.13. The Morgan fingerprint density at radius 1 is 1.55 bits per heavy atom. The van der Waals surface area contributed by atoms with Crippen LogP contribution >= 0.6 is 11.3 Å². The monoisotopic (exact) mass is 290 g/mol. The van der Waals surface area contributed by atoms with Gasteiger partial charge in [-0.1, -0.05) is 6.92 Å². The molecule has 1 saturated heterocycles. The number of thiazole rings is 1. The first-order chi connectivity index (χ1) is 9.78. The molecular weight excluding hydrogens is 272 g/mol. The molecule has 106 valence electrons. The number of piperidine rings is 1. The molecule has 20 heavy (non-hydrogen) atoms. The molecule has 1 unspecified atom stereocenters. The Balaban J connectivity index is 1.71. The van der Waals surface area contributed by atoms with Crippen molar-refractivity contribution in [3.8, 4) is 0 Å². The van der Waals surface area contributed by atoms with E-state index < -0.39 is 0 Å². The van der Waals surface area contributed by atoms with Gasteiger partial charge >= 0.3 is 0 Å². The lowest BCUT2D eigenvalue weighted by Crippen LogP contribution is -2.40. The van der Waals surface area contributed by atoms with Crippen LogP contribution in [-0.2, 0) is 6.42 Å². The van der Waals surface area contributed by atoms with E-state index >= 15 is 0 Å². The Hall–Kier alpha value is -1.69. The van der Waals surface area contributed by atoms with Crippen molar-refractivity contribution >= 4 is 17.2 Å². The SMILES string of the molecule is CCc1ncc(C(=O)N2CCCC(n3ccnc3)C2)s1. The lowest BCUT2D eigenvalue weighted by molar-refractivity contribution is 0.0684. The number of carbonyl (C=O) groups excluding carboxylic acids is 1. The summed E-state index contributed by atoms with van der Waals surface area (Å²) in [6.07, 6.45) is 10.3. The molecule has 0 radical (unpaired) electrons. The fourth-order valence-electron chi connectivity index (χ4n) is 2.60. The Bertz CT molecular complexity index is 578. The molecule has 6 heteroatoms. The van der Waals surface area contributed by atoms with Gasteiger partial charge in [-0.05, 0) is 19.3 Å². The van der Waals surface area contributed by atoms with Crippen LogP contribution in [0.4, 0.5) is 0 Å². The first-order valence-electron chi connectivity index (χ1n) is 6.99. The second kappa shape index (κ2) is 5.75. The van der Waals surface area contributed by atoms with E-state index in [-0.39, 0.29) is 5.91 Å². The van der Waals surface area contributed by atoms with Crippen molar-refractivity contribution in [1.82, 2.24) is 19.4 Å². The predicted octanol–water partition coefficient (Wildman–Crippen LogP) is 2.38. The van der Waals surface area contributed by atoms with Crippen LogP contribution in [0.5, 0.6) is 0 Å². The third kappa shape index (κ3) is 2.60. The summed E-state index contributed by atoms with van der Waals surface area (Å²) < 4.78 is 2.10. The normalized spacial score (nSPS) is 19.2. The summed E-state index contributed by atoms with van der Waals surface area (Å²) >= 11 is 1.51. The summed E-state index contributed by atoms with van der Waals surface area (Å²) in [7, 11) is 0. The second-order valence-corrected chi connectivity index (χ2v) is 6.14. The van der Waals surface area contributed by atoms with E-state index in [0.29, 0.717) is 6.04 Å². The third-order valence-corrected chi connectivity index (χ3v) is 4.83. The number of amides is 1. The molecule has 0 aliphatic carbocycles. The zero-order valence-electron chi connectivity index (χ0n) is 11.5. The highest BCUT2D eigenvalue weighted by atomic mass is 32.1. The molecule has 1 atom stereocenters. The van der Waals surface area contributed by atoms with E-state index in [9.17, 15) is 4.79 Å². The van der Waals surface area contributed by atoms with Crippen molar-refractivity contribution in [2.45, 2.75) is 32.2 Å². The molecule has 1 amide bonds. The van der Waals surface area contributed by atoms with E-state index in [1.165, 1.54) is 11.3 Å². The molecule has 1 aliphatic heterocycles. The summed E-state index contributed by atoms with van der Waals surface area (Å²) in [4.78, 5) is 23.6. The van der Waals surface area contributed by atoms with Crippen LogP contribution in [0.25, 0.3) is 0 Å².